The number of aryl methyl sites for hydroxylation is 1. The van der Waals surface area contributed by atoms with Gasteiger partial charge in [0.05, 0.1) is 23.1 Å². The van der Waals surface area contributed by atoms with E-state index in [1.165, 1.54) is 4.90 Å². The summed E-state index contributed by atoms with van der Waals surface area (Å²) >= 11 is 0. The van der Waals surface area contributed by atoms with Crippen molar-refractivity contribution < 1.29 is 9.32 Å². The Balaban J connectivity index is 1.74. The summed E-state index contributed by atoms with van der Waals surface area (Å²) < 4.78 is 5.03. The Hall–Kier alpha value is -3.55. The van der Waals surface area contributed by atoms with Crippen LogP contribution in [0.4, 0.5) is 0 Å². The molecule has 0 aliphatic carbocycles. The van der Waals surface area contributed by atoms with Crippen LogP contribution in [0.15, 0.2) is 41.2 Å². The molecule has 4 heterocycles. The molecule has 8 heteroatoms. The second-order valence-corrected chi connectivity index (χ2v) is 6.11. The average Bonchev–Trinajstić information content (AvgIpc) is 3.26. The van der Waals surface area contributed by atoms with E-state index in [-0.39, 0.29) is 5.91 Å². The lowest BCUT2D eigenvalue weighted by atomic mass is 10.1. The summed E-state index contributed by atoms with van der Waals surface area (Å²) in [5, 5.41) is 4.82. The fourth-order valence-corrected chi connectivity index (χ4v) is 2.65. The smallest absolute Gasteiger partial charge is 0.269 e. The maximum atomic E-state index is 12.1. The minimum Gasteiger partial charge on any atom is -0.349 e. The summed E-state index contributed by atoms with van der Waals surface area (Å²) in [5.41, 5.74) is 3.50. The highest BCUT2D eigenvalue weighted by atomic mass is 16.5. The van der Waals surface area contributed by atoms with Gasteiger partial charge in [0.15, 0.2) is 0 Å². The molecule has 0 saturated heterocycles. The Labute approximate surface area is 148 Å². The molecule has 0 aliphatic heterocycles. The third-order valence-electron chi connectivity index (χ3n) is 3.95. The van der Waals surface area contributed by atoms with E-state index in [2.05, 4.69) is 25.1 Å². The minimum atomic E-state index is -0.0876. The Kier molecular flexibility index (Phi) is 3.72. The molecule has 0 unspecified atom stereocenters. The van der Waals surface area contributed by atoms with Crippen LogP contribution in [0.2, 0.25) is 0 Å². The van der Waals surface area contributed by atoms with Gasteiger partial charge < -0.3 is 14.4 Å². The summed E-state index contributed by atoms with van der Waals surface area (Å²) in [7, 11) is 3.43. The fraction of sp³-hybridized carbons (Fsp3) is 0.167. The molecular formula is C18H16N6O2. The SMILES string of the molecule is Cc1nc(-c2ccnc(-c3cc4cc(C(=O)N(C)C)[nH]c4cn3)c2)no1. The highest BCUT2D eigenvalue weighted by Gasteiger charge is 2.13. The van der Waals surface area contributed by atoms with Crippen LogP contribution in [-0.2, 0) is 0 Å². The summed E-state index contributed by atoms with van der Waals surface area (Å²) in [6.07, 6.45) is 3.38. The van der Waals surface area contributed by atoms with Crippen molar-refractivity contribution in [1.82, 2.24) is 30.0 Å². The van der Waals surface area contributed by atoms with Crippen molar-refractivity contribution in [2.45, 2.75) is 6.92 Å². The summed E-state index contributed by atoms with van der Waals surface area (Å²) in [6, 6.07) is 7.38. The number of carbonyl (C=O) groups excluding carboxylic acids is 1. The number of hydrogen-bond acceptors (Lipinski definition) is 6. The van der Waals surface area contributed by atoms with Gasteiger partial charge in [-0.25, -0.2) is 0 Å². The second-order valence-electron chi connectivity index (χ2n) is 6.11. The van der Waals surface area contributed by atoms with Crippen LogP contribution >= 0.6 is 0 Å². The van der Waals surface area contributed by atoms with E-state index in [4.69, 9.17) is 4.52 Å². The zero-order chi connectivity index (χ0) is 18.3. The molecule has 0 saturated carbocycles. The van der Waals surface area contributed by atoms with Crippen molar-refractivity contribution in [1.29, 1.82) is 0 Å². The zero-order valence-corrected chi connectivity index (χ0v) is 14.5. The molecule has 0 fully saturated rings. The molecule has 0 aliphatic rings. The standard InChI is InChI=1S/C18H16N6O2/c1-10-21-17(23-26-10)11-4-5-19-13(6-11)14-7-12-8-15(18(25)24(2)3)22-16(12)9-20-14/h4-9,22H,1-3H3. The quantitative estimate of drug-likeness (QED) is 0.611. The summed E-state index contributed by atoms with van der Waals surface area (Å²) in [4.78, 5) is 29.8. The molecule has 130 valence electrons. The lowest BCUT2D eigenvalue weighted by Crippen LogP contribution is -2.21. The number of H-pyrrole nitrogens is 1. The molecule has 26 heavy (non-hydrogen) atoms. The Bertz CT molecular complexity index is 1110. The number of nitrogens with one attached hydrogen (secondary N) is 1. The molecular weight excluding hydrogens is 332 g/mol. The Morgan fingerprint density at radius 3 is 2.69 bits per heavy atom. The van der Waals surface area contributed by atoms with Crippen molar-refractivity contribution in [3.63, 3.8) is 0 Å². The van der Waals surface area contributed by atoms with E-state index >= 15 is 0 Å². The number of pyridine rings is 2. The van der Waals surface area contributed by atoms with Crippen LogP contribution in [0.3, 0.4) is 0 Å². The van der Waals surface area contributed by atoms with Gasteiger partial charge in [0.25, 0.3) is 5.91 Å². The molecule has 0 bridgehead atoms. The summed E-state index contributed by atoms with van der Waals surface area (Å²) in [5.74, 6) is 0.923. The second kappa shape index (κ2) is 6.07. The minimum absolute atomic E-state index is 0.0876. The number of amides is 1. The van der Waals surface area contributed by atoms with E-state index in [9.17, 15) is 4.79 Å². The van der Waals surface area contributed by atoms with Gasteiger partial charge in [0, 0.05) is 38.2 Å². The van der Waals surface area contributed by atoms with E-state index < -0.39 is 0 Å². The number of rotatable bonds is 3. The van der Waals surface area contributed by atoms with Gasteiger partial charge in [0.1, 0.15) is 5.69 Å². The Morgan fingerprint density at radius 1 is 1.15 bits per heavy atom. The number of aromatic amines is 1. The number of fused-ring (bicyclic) bond motifs is 1. The topological polar surface area (TPSA) is 101 Å². The molecule has 4 aromatic rings. The Morgan fingerprint density at radius 2 is 1.96 bits per heavy atom. The molecule has 1 amide bonds. The highest BCUT2D eigenvalue weighted by Crippen LogP contribution is 2.24. The van der Waals surface area contributed by atoms with Crippen LogP contribution in [0.1, 0.15) is 16.4 Å². The lowest BCUT2D eigenvalue weighted by molar-refractivity contribution is 0.0823. The van der Waals surface area contributed by atoms with Crippen molar-refractivity contribution in [3.8, 4) is 22.8 Å². The van der Waals surface area contributed by atoms with Crippen LogP contribution in [0, 0.1) is 6.92 Å². The first-order valence-electron chi connectivity index (χ1n) is 7.99. The fourth-order valence-electron chi connectivity index (χ4n) is 2.65. The van der Waals surface area contributed by atoms with Crippen molar-refractivity contribution in [2.75, 3.05) is 14.1 Å². The highest BCUT2D eigenvalue weighted by molar-refractivity contribution is 5.98. The van der Waals surface area contributed by atoms with Gasteiger partial charge in [-0.15, -0.1) is 0 Å². The number of carbonyl (C=O) groups is 1. The molecule has 0 spiro atoms. The van der Waals surface area contributed by atoms with E-state index in [1.807, 2.05) is 24.3 Å². The predicted octanol–water partition coefficient (Wildman–Crippen LogP) is 2.69. The molecule has 0 radical (unpaired) electrons. The van der Waals surface area contributed by atoms with Gasteiger partial charge >= 0.3 is 0 Å². The normalized spacial score (nSPS) is 11.0. The average molecular weight is 348 g/mol. The van der Waals surface area contributed by atoms with Gasteiger partial charge in [-0.3, -0.25) is 14.8 Å². The van der Waals surface area contributed by atoms with Gasteiger partial charge in [-0.05, 0) is 24.3 Å². The zero-order valence-electron chi connectivity index (χ0n) is 14.5. The maximum absolute atomic E-state index is 12.1. The molecule has 0 atom stereocenters. The molecule has 4 aromatic heterocycles. The molecule has 1 N–H and O–H groups in total. The van der Waals surface area contributed by atoms with Crippen molar-refractivity contribution in [2.24, 2.45) is 0 Å². The van der Waals surface area contributed by atoms with Crippen LogP contribution in [0.5, 0.6) is 0 Å². The summed E-state index contributed by atoms with van der Waals surface area (Å²) in [6.45, 7) is 1.74. The van der Waals surface area contributed by atoms with E-state index in [0.717, 1.165) is 16.5 Å². The number of nitrogens with zero attached hydrogens (tertiary/aromatic N) is 5. The first kappa shape index (κ1) is 15.9. The molecule has 4 rings (SSSR count). The van der Waals surface area contributed by atoms with Crippen LogP contribution < -0.4 is 0 Å². The monoisotopic (exact) mass is 348 g/mol. The predicted molar refractivity (Wildman–Crippen MR) is 95.4 cm³/mol. The van der Waals surface area contributed by atoms with Gasteiger partial charge in [0.2, 0.25) is 11.7 Å². The van der Waals surface area contributed by atoms with Gasteiger partial charge in [-0.2, -0.15) is 4.98 Å². The third-order valence-corrected chi connectivity index (χ3v) is 3.95. The lowest BCUT2D eigenvalue weighted by Gasteiger charge is -2.07. The van der Waals surface area contributed by atoms with Crippen LogP contribution in [-0.4, -0.2) is 50.0 Å². The van der Waals surface area contributed by atoms with Crippen molar-refractivity contribution in [3.05, 3.63) is 48.2 Å². The van der Waals surface area contributed by atoms with Gasteiger partial charge in [-0.1, -0.05) is 5.16 Å². The van der Waals surface area contributed by atoms with E-state index in [1.54, 1.807) is 33.4 Å². The first-order chi connectivity index (χ1) is 12.5. The number of hydrogen-bond donors (Lipinski definition) is 1. The van der Waals surface area contributed by atoms with E-state index in [0.29, 0.717) is 28.8 Å². The van der Waals surface area contributed by atoms with Crippen molar-refractivity contribution >= 4 is 16.8 Å². The maximum Gasteiger partial charge on any atom is 0.269 e. The number of aromatic nitrogens is 5. The largest absolute Gasteiger partial charge is 0.349 e. The molecule has 8 nitrogen and oxygen atoms in total. The molecule has 0 aromatic carbocycles. The third kappa shape index (κ3) is 2.81. The first-order valence-corrected chi connectivity index (χ1v) is 7.99. The van der Waals surface area contributed by atoms with Crippen LogP contribution in [0.25, 0.3) is 33.7 Å².